The van der Waals surface area contributed by atoms with Gasteiger partial charge in [0, 0.05) is 22.5 Å². The van der Waals surface area contributed by atoms with Gasteiger partial charge in [-0.15, -0.1) is 34.9 Å². The molecule has 3 aromatic rings. The Morgan fingerprint density at radius 1 is 1.40 bits per heavy atom. The molecule has 0 saturated carbocycles. The number of anilines is 1. The molecular formula is C23H23FN7O6S3+. The molecule has 5 heterocycles. The first-order chi connectivity index (χ1) is 19.3. The normalized spacial score (nSPS) is 19.0. The minimum atomic E-state index is -1.28. The van der Waals surface area contributed by atoms with Gasteiger partial charge in [-0.25, -0.2) is 14.2 Å². The maximum atomic E-state index is 13.1. The smallest absolute Gasteiger partial charge is 0.352 e. The summed E-state index contributed by atoms with van der Waals surface area (Å²) in [5.41, 5.74) is 6.62. The minimum Gasteiger partial charge on any atom is -0.477 e. The molecule has 3 aromatic heterocycles. The number of fused-ring (bicyclic) bond motifs is 2. The zero-order valence-corrected chi connectivity index (χ0v) is 23.0. The number of aliphatic carboxylic acids is 1. The third-order valence-corrected chi connectivity index (χ3v) is 9.08. The number of nitrogens with zero attached hydrogens (tertiary/aromatic N) is 5. The molecule has 2 atom stereocenters. The Bertz CT molecular complexity index is 1540. The number of carbonyl (C=O) groups excluding carboxylic acids is 2. The third-order valence-electron chi connectivity index (χ3n) is 6.05. The van der Waals surface area contributed by atoms with Crippen molar-refractivity contribution in [3.8, 4) is 0 Å². The fraction of sp³-hybridized carbons (Fsp3) is 0.304. The van der Waals surface area contributed by atoms with Crippen LogP contribution in [0.25, 0.3) is 5.52 Å². The molecule has 13 nitrogen and oxygen atoms in total. The largest absolute Gasteiger partial charge is 0.477 e. The molecule has 0 radical (unpaired) electrons. The Morgan fingerprint density at radius 2 is 2.23 bits per heavy atom. The van der Waals surface area contributed by atoms with E-state index in [1.807, 2.05) is 39.7 Å². The number of rotatable bonds is 11. The number of halogens is 1. The lowest BCUT2D eigenvalue weighted by Crippen LogP contribution is -2.71. The monoisotopic (exact) mass is 608 g/mol. The molecule has 0 aromatic carbocycles. The zero-order chi connectivity index (χ0) is 28.4. The van der Waals surface area contributed by atoms with Crippen molar-refractivity contribution < 1.29 is 38.4 Å². The number of thioether (sulfide) groups is 2. The van der Waals surface area contributed by atoms with Crippen LogP contribution < -0.4 is 15.6 Å². The second-order valence-corrected chi connectivity index (χ2v) is 11.6. The number of carboxylic acids is 1. The number of aromatic nitrogens is 3. The maximum absolute atomic E-state index is 13.1. The summed E-state index contributed by atoms with van der Waals surface area (Å²) in [5.74, 6) is -1.80. The first-order valence-electron chi connectivity index (χ1n) is 11.7. The van der Waals surface area contributed by atoms with E-state index >= 15 is 0 Å². The Labute approximate surface area is 238 Å². The van der Waals surface area contributed by atoms with Crippen LogP contribution in [0.2, 0.25) is 0 Å². The number of alkyl halides is 1. The number of hydrogen-bond donors (Lipinski definition) is 4. The molecule has 0 aliphatic carbocycles. The highest BCUT2D eigenvalue weighted by Crippen LogP contribution is 2.40. The molecule has 2 amide bonds. The molecule has 0 bridgehead atoms. The number of oxime groups is 1. The van der Waals surface area contributed by atoms with E-state index in [9.17, 15) is 23.9 Å². The van der Waals surface area contributed by atoms with Gasteiger partial charge < -0.3 is 30.5 Å². The highest BCUT2D eigenvalue weighted by atomic mass is 32.2. The van der Waals surface area contributed by atoms with Crippen molar-refractivity contribution in [3.63, 3.8) is 0 Å². The first-order valence-corrected chi connectivity index (χ1v) is 14.7. The number of aliphatic hydroxyl groups is 1. The van der Waals surface area contributed by atoms with Gasteiger partial charge in [0.05, 0.1) is 17.8 Å². The van der Waals surface area contributed by atoms with Crippen molar-refractivity contribution in [2.45, 2.75) is 23.0 Å². The van der Waals surface area contributed by atoms with E-state index in [0.29, 0.717) is 17.1 Å². The summed E-state index contributed by atoms with van der Waals surface area (Å²) < 4.78 is 16.4. The molecule has 1 fully saturated rings. The second kappa shape index (κ2) is 11.8. The van der Waals surface area contributed by atoms with Crippen LogP contribution in [-0.4, -0.2) is 84.4 Å². The summed E-state index contributed by atoms with van der Waals surface area (Å²) in [6.45, 7) is -0.968. The molecule has 1 saturated heterocycles. The zero-order valence-electron chi connectivity index (χ0n) is 20.6. The van der Waals surface area contributed by atoms with Crippen molar-refractivity contribution >= 4 is 69.0 Å². The quantitative estimate of drug-likeness (QED) is 0.0786. The molecule has 210 valence electrons. The number of nitrogen functional groups attached to an aromatic ring is 1. The van der Waals surface area contributed by atoms with E-state index in [1.165, 1.54) is 33.8 Å². The SMILES string of the molecule is Nc1nc(/C(=N/OCF)C(=O)N[C@@H]2C(=O)N3C(C(=O)O)=C(C[n+]4ccn5c(SCCO)ccc5c4)CS[C@@H]23)cs1. The number of amides is 2. The van der Waals surface area contributed by atoms with Crippen molar-refractivity contribution in [3.05, 3.63) is 53.1 Å². The summed E-state index contributed by atoms with van der Waals surface area (Å²) in [5, 5.41) is 27.0. The average Bonchev–Trinajstić information content (AvgIpc) is 3.55. The van der Waals surface area contributed by atoms with Gasteiger partial charge in [-0.05, 0) is 12.1 Å². The molecule has 5 N–H and O–H groups in total. The van der Waals surface area contributed by atoms with Crippen LogP contribution in [0.5, 0.6) is 0 Å². The number of carbonyl (C=O) groups is 3. The minimum absolute atomic E-state index is 0.0536. The number of thiazole rings is 1. The maximum Gasteiger partial charge on any atom is 0.352 e. The second-order valence-electron chi connectivity index (χ2n) is 8.51. The van der Waals surface area contributed by atoms with Crippen LogP contribution in [0, 0.1) is 0 Å². The molecule has 2 aliphatic heterocycles. The summed E-state index contributed by atoms with van der Waals surface area (Å²) >= 11 is 3.88. The number of aliphatic hydroxyl groups excluding tert-OH is 1. The van der Waals surface area contributed by atoms with E-state index in [2.05, 4.69) is 20.3 Å². The van der Waals surface area contributed by atoms with Crippen molar-refractivity contribution in [1.29, 1.82) is 0 Å². The predicted molar refractivity (Wildman–Crippen MR) is 145 cm³/mol. The Balaban J connectivity index is 1.33. The fourth-order valence-corrected chi connectivity index (χ4v) is 7.02. The van der Waals surface area contributed by atoms with Crippen molar-refractivity contribution in [2.24, 2.45) is 5.16 Å². The summed E-state index contributed by atoms with van der Waals surface area (Å²) in [7, 11) is 0. The molecule has 0 spiro atoms. The lowest BCUT2D eigenvalue weighted by molar-refractivity contribution is -0.688. The van der Waals surface area contributed by atoms with Crippen LogP contribution in [-0.2, 0) is 25.8 Å². The van der Waals surface area contributed by atoms with Gasteiger partial charge in [0.15, 0.2) is 29.8 Å². The number of carboxylic acid groups (broad SMARTS) is 1. The van der Waals surface area contributed by atoms with Gasteiger partial charge in [-0.1, -0.05) is 5.16 Å². The number of β-lactam (4-membered cyclic amide) rings is 1. The van der Waals surface area contributed by atoms with Crippen LogP contribution in [0.4, 0.5) is 9.52 Å². The van der Waals surface area contributed by atoms with Crippen molar-refractivity contribution in [1.82, 2.24) is 19.6 Å². The first kappa shape index (κ1) is 27.9. The van der Waals surface area contributed by atoms with Gasteiger partial charge in [0.1, 0.15) is 28.3 Å². The number of hydrogen-bond acceptors (Lipinski definition) is 11. The summed E-state index contributed by atoms with van der Waals surface area (Å²) in [6.07, 6.45) is 5.54. The van der Waals surface area contributed by atoms with E-state index < -0.39 is 36.1 Å². The molecule has 5 rings (SSSR count). The van der Waals surface area contributed by atoms with Crippen LogP contribution in [0.1, 0.15) is 5.69 Å². The molecule has 40 heavy (non-hydrogen) atoms. The Morgan fingerprint density at radius 3 is 2.92 bits per heavy atom. The number of nitrogens with one attached hydrogen (secondary N) is 1. The van der Waals surface area contributed by atoms with E-state index in [-0.39, 0.29) is 35.4 Å². The third kappa shape index (κ3) is 5.36. The number of nitrogens with two attached hydrogens (primary N) is 1. The van der Waals surface area contributed by atoms with Crippen LogP contribution in [0.3, 0.4) is 0 Å². The Hall–Kier alpha value is -3.67. The Kier molecular flexibility index (Phi) is 8.24. The van der Waals surface area contributed by atoms with Gasteiger partial charge in [0.2, 0.25) is 0 Å². The lowest BCUT2D eigenvalue weighted by atomic mass is 10.0. The van der Waals surface area contributed by atoms with Crippen LogP contribution >= 0.6 is 34.9 Å². The topological polar surface area (TPSA) is 176 Å². The molecule has 2 aliphatic rings. The molecule has 0 unspecified atom stereocenters. The molecular weight excluding hydrogens is 585 g/mol. The highest BCUT2D eigenvalue weighted by Gasteiger charge is 2.54. The van der Waals surface area contributed by atoms with Gasteiger partial charge in [-0.3, -0.25) is 14.5 Å². The fourth-order valence-electron chi connectivity index (χ4n) is 4.37. The van der Waals surface area contributed by atoms with Gasteiger partial charge in [-0.2, -0.15) is 4.57 Å². The lowest BCUT2D eigenvalue weighted by Gasteiger charge is -2.49. The standard InChI is InChI=1S/C23H22FN7O6S3/c24-11-37-28-16(14-10-40-23(25)26-14)19(33)27-17-20(34)31-18(22(35)36)12(9-39-21(17)31)7-29-3-4-30-13(8-29)1-2-15(30)38-6-5-32/h1-4,8,10,17,21,32H,5-7,9,11H2,(H3-,25,26,27,33,35,36)/p+1/b28-16-/t17-,21+/m1/s1. The summed E-state index contributed by atoms with van der Waals surface area (Å²) in [6, 6.07) is 2.84. The van der Waals surface area contributed by atoms with E-state index in [4.69, 9.17) is 10.8 Å². The highest BCUT2D eigenvalue weighted by molar-refractivity contribution is 8.00. The van der Waals surface area contributed by atoms with Crippen LogP contribution in [0.15, 0.2) is 57.6 Å². The van der Waals surface area contributed by atoms with Gasteiger partial charge >= 0.3 is 5.97 Å². The predicted octanol–water partition coefficient (Wildman–Crippen LogP) is 0.436. The van der Waals surface area contributed by atoms with E-state index in [0.717, 1.165) is 21.9 Å². The summed E-state index contributed by atoms with van der Waals surface area (Å²) in [4.78, 5) is 47.8. The molecule has 17 heteroatoms. The van der Waals surface area contributed by atoms with Gasteiger partial charge in [0.25, 0.3) is 18.7 Å². The average molecular weight is 609 g/mol. The van der Waals surface area contributed by atoms with Crippen molar-refractivity contribution in [2.75, 3.05) is 30.7 Å². The van der Waals surface area contributed by atoms with E-state index in [1.54, 1.807) is 0 Å².